The molecule has 1 amide bonds. The van der Waals surface area contributed by atoms with Gasteiger partial charge in [0.05, 0.1) is 18.0 Å². The van der Waals surface area contributed by atoms with Crippen molar-refractivity contribution in [1.82, 2.24) is 14.8 Å². The second kappa shape index (κ2) is 9.65. The van der Waals surface area contributed by atoms with Crippen LogP contribution in [0.2, 0.25) is 0 Å². The molecule has 0 aliphatic heterocycles. The SMILES string of the molecule is CCOc1ccc(-c2csc(-n3nc(C)cc3NC(=O)[C@H](C)Oc3ccccc3)n2)cc1. The van der Waals surface area contributed by atoms with Crippen LogP contribution < -0.4 is 14.8 Å². The lowest BCUT2D eigenvalue weighted by Gasteiger charge is -2.14. The highest BCUT2D eigenvalue weighted by Gasteiger charge is 2.19. The van der Waals surface area contributed by atoms with Crippen LogP contribution in [0, 0.1) is 6.92 Å². The van der Waals surface area contributed by atoms with E-state index in [0.29, 0.717) is 23.3 Å². The number of aryl methyl sites for hydroxylation is 1. The number of amides is 1. The number of hydrogen-bond donors (Lipinski definition) is 1. The van der Waals surface area contributed by atoms with Gasteiger partial charge in [0, 0.05) is 17.0 Å². The van der Waals surface area contributed by atoms with Crippen LogP contribution in [0.15, 0.2) is 66.0 Å². The minimum Gasteiger partial charge on any atom is -0.494 e. The van der Waals surface area contributed by atoms with E-state index in [0.717, 1.165) is 22.7 Å². The van der Waals surface area contributed by atoms with Gasteiger partial charge in [-0.1, -0.05) is 18.2 Å². The first-order valence-corrected chi connectivity index (χ1v) is 11.2. The molecule has 32 heavy (non-hydrogen) atoms. The lowest BCUT2D eigenvalue weighted by atomic mass is 10.2. The molecule has 0 bridgehead atoms. The summed E-state index contributed by atoms with van der Waals surface area (Å²) in [6, 6.07) is 18.9. The maximum atomic E-state index is 12.7. The molecule has 8 heteroatoms. The van der Waals surface area contributed by atoms with E-state index in [1.54, 1.807) is 11.6 Å². The average Bonchev–Trinajstić information content (AvgIpc) is 3.42. The first-order chi connectivity index (χ1) is 15.5. The first-order valence-electron chi connectivity index (χ1n) is 10.3. The van der Waals surface area contributed by atoms with Crippen LogP contribution in [-0.4, -0.2) is 33.4 Å². The highest BCUT2D eigenvalue weighted by Crippen LogP contribution is 2.28. The van der Waals surface area contributed by atoms with Crippen molar-refractivity contribution in [3.63, 3.8) is 0 Å². The third-order valence-electron chi connectivity index (χ3n) is 4.64. The standard InChI is InChI=1S/C24H24N4O3S/c1-4-30-19-12-10-18(11-13-19)21-15-32-24(25-21)28-22(14-16(2)27-28)26-23(29)17(3)31-20-8-6-5-7-9-20/h5-15,17H,4H2,1-3H3,(H,26,29)/t17-/m0/s1. The summed E-state index contributed by atoms with van der Waals surface area (Å²) >= 11 is 1.45. The molecule has 0 spiro atoms. The van der Waals surface area contributed by atoms with Gasteiger partial charge in [-0.15, -0.1) is 11.3 Å². The van der Waals surface area contributed by atoms with Gasteiger partial charge in [0.25, 0.3) is 5.91 Å². The van der Waals surface area contributed by atoms with Crippen molar-refractivity contribution in [3.05, 3.63) is 71.7 Å². The first kappa shape index (κ1) is 21.6. The van der Waals surface area contributed by atoms with Crippen molar-refractivity contribution < 1.29 is 14.3 Å². The van der Waals surface area contributed by atoms with Crippen LogP contribution in [-0.2, 0) is 4.79 Å². The minimum absolute atomic E-state index is 0.265. The Hall–Kier alpha value is -3.65. The Morgan fingerprint density at radius 3 is 2.59 bits per heavy atom. The van der Waals surface area contributed by atoms with E-state index >= 15 is 0 Å². The Morgan fingerprint density at radius 1 is 1.12 bits per heavy atom. The second-order valence-corrected chi connectivity index (χ2v) is 7.95. The fraction of sp³-hybridized carbons (Fsp3) is 0.208. The fourth-order valence-electron chi connectivity index (χ4n) is 3.10. The zero-order valence-corrected chi connectivity index (χ0v) is 18.9. The zero-order chi connectivity index (χ0) is 22.5. The topological polar surface area (TPSA) is 78.3 Å². The molecule has 4 aromatic rings. The molecule has 0 saturated carbocycles. The molecule has 0 aliphatic carbocycles. The Morgan fingerprint density at radius 2 is 1.88 bits per heavy atom. The third-order valence-corrected chi connectivity index (χ3v) is 5.46. The Kier molecular flexibility index (Phi) is 6.51. The Bertz CT molecular complexity index is 1190. The van der Waals surface area contributed by atoms with Gasteiger partial charge in [0.15, 0.2) is 6.10 Å². The van der Waals surface area contributed by atoms with Gasteiger partial charge < -0.3 is 14.8 Å². The van der Waals surface area contributed by atoms with Crippen molar-refractivity contribution in [2.75, 3.05) is 11.9 Å². The number of anilines is 1. The number of benzene rings is 2. The van der Waals surface area contributed by atoms with Crippen molar-refractivity contribution in [1.29, 1.82) is 0 Å². The predicted octanol–water partition coefficient (Wildman–Crippen LogP) is 5.11. The van der Waals surface area contributed by atoms with Crippen LogP contribution in [0.3, 0.4) is 0 Å². The molecule has 0 aliphatic rings. The molecule has 2 heterocycles. The van der Waals surface area contributed by atoms with E-state index in [1.165, 1.54) is 11.3 Å². The minimum atomic E-state index is -0.670. The largest absolute Gasteiger partial charge is 0.494 e. The fourth-order valence-corrected chi connectivity index (χ4v) is 3.90. The summed E-state index contributed by atoms with van der Waals surface area (Å²) in [5, 5.41) is 10.0. The van der Waals surface area contributed by atoms with Gasteiger partial charge >= 0.3 is 0 Å². The molecule has 0 saturated heterocycles. The quantitative estimate of drug-likeness (QED) is 0.405. The summed E-state index contributed by atoms with van der Waals surface area (Å²) in [7, 11) is 0. The summed E-state index contributed by atoms with van der Waals surface area (Å²) in [6.07, 6.45) is -0.670. The number of rotatable bonds is 8. The van der Waals surface area contributed by atoms with Crippen LogP contribution in [0.1, 0.15) is 19.5 Å². The predicted molar refractivity (Wildman–Crippen MR) is 126 cm³/mol. The van der Waals surface area contributed by atoms with E-state index in [4.69, 9.17) is 14.5 Å². The van der Waals surface area contributed by atoms with Crippen LogP contribution in [0.25, 0.3) is 16.4 Å². The number of nitrogens with zero attached hydrogens (tertiary/aromatic N) is 3. The van der Waals surface area contributed by atoms with Crippen LogP contribution in [0.5, 0.6) is 11.5 Å². The van der Waals surface area contributed by atoms with E-state index < -0.39 is 6.10 Å². The van der Waals surface area contributed by atoms with Gasteiger partial charge in [-0.25, -0.2) is 4.98 Å². The van der Waals surface area contributed by atoms with Gasteiger partial charge in [-0.3, -0.25) is 4.79 Å². The summed E-state index contributed by atoms with van der Waals surface area (Å²) in [5.41, 5.74) is 2.59. The molecule has 1 atom stereocenters. The number of para-hydroxylation sites is 1. The highest BCUT2D eigenvalue weighted by molar-refractivity contribution is 7.12. The van der Waals surface area contributed by atoms with Crippen molar-refractivity contribution in [2.24, 2.45) is 0 Å². The van der Waals surface area contributed by atoms with Crippen molar-refractivity contribution >= 4 is 23.1 Å². The maximum absolute atomic E-state index is 12.7. The number of carbonyl (C=O) groups is 1. The number of ether oxygens (including phenoxy) is 2. The lowest BCUT2D eigenvalue weighted by molar-refractivity contribution is -0.122. The van der Waals surface area contributed by atoms with E-state index in [-0.39, 0.29) is 5.91 Å². The number of thiazole rings is 1. The van der Waals surface area contributed by atoms with Gasteiger partial charge in [-0.05, 0) is 57.2 Å². The summed E-state index contributed by atoms with van der Waals surface area (Å²) < 4.78 is 12.9. The van der Waals surface area contributed by atoms with Gasteiger partial charge in [0.2, 0.25) is 5.13 Å². The van der Waals surface area contributed by atoms with Gasteiger partial charge in [0.1, 0.15) is 17.3 Å². The van der Waals surface area contributed by atoms with Crippen molar-refractivity contribution in [3.8, 4) is 27.9 Å². The van der Waals surface area contributed by atoms with Crippen LogP contribution >= 0.6 is 11.3 Å². The molecule has 2 aromatic carbocycles. The summed E-state index contributed by atoms with van der Waals surface area (Å²) in [6.45, 7) is 6.17. The molecular formula is C24H24N4O3S. The van der Waals surface area contributed by atoms with E-state index in [9.17, 15) is 4.79 Å². The molecule has 1 N–H and O–H groups in total. The molecule has 0 unspecified atom stereocenters. The molecule has 0 radical (unpaired) electrons. The molecular weight excluding hydrogens is 424 g/mol. The highest BCUT2D eigenvalue weighted by atomic mass is 32.1. The summed E-state index contributed by atoms with van der Waals surface area (Å²) in [5.74, 6) is 1.74. The normalized spacial score (nSPS) is 11.7. The smallest absolute Gasteiger partial charge is 0.266 e. The number of hydrogen-bond acceptors (Lipinski definition) is 6. The van der Waals surface area contributed by atoms with Gasteiger partial charge in [-0.2, -0.15) is 9.78 Å². The number of aromatic nitrogens is 3. The average molecular weight is 449 g/mol. The Balaban J connectivity index is 1.50. The maximum Gasteiger partial charge on any atom is 0.266 e. The Labute approximate surface area is 190 Å². The van der Waals surface area contributed by atoms with Crippen molar-refractivity contribution in [2.45, 2.75) is 26.9 Å². The number of carbonyl (C=O) groups excluding carboxylic acids is 1. The molecule has 0 fully saturated rings. The molecule has 2 aromatic heterocycles. The molecule has 164 valence electrons. The number of nitrogens with one attached hydrogen (secondary N) is 1. The van der Waals surface area contributed by atoms with E-state index in [2.05, 4.69) is 10.4 Å². The monoisotopic (exact) mass is 448 g/mol. The molecule has 4 rings (SSSR count). The molecule has 7 nitrogen and oxygen atoms in total. The zero-order valence-electron chi connectivity index (χ0n) is 18.1. The van der Waals surface area contributed by atoms with E-state index in [1.807, 2.05) is 79.9 Å². The second-order valence-electron chi connectivity index (χ2n) is 7.12. The lowest BCUT2D eigenvalue weighted by Crippen LogP contribution is -2.30. The van der Waals surface area contributed by atoms with Crippen LogP contribution in [0.4, 0.5) is 5.82 Å². The third kappa shape index (κ3) is 4.97. The summed E-state index contributed by atoms with van der Waals surface area (Å²) in [4.78, 5) is 17.4.